The molecular formula is C16H26N4S. The monoisotopic (exact) mass is 306 g/mol. The Morgan fingerprint density at radius 1 is 1.24 bits per heavy atom. The number of anilines is 1. The number of rotatable bonds is 9. The summed E-state index contributed by atoms with van der Waals surface area (Å²) in [6, 6.07) is 8.21. The van der Waals surface area contributed by atoms with E-state index in [4.69, 9.17) is 18.0 Å². The third-order valence-electron chi connectivity index (χ3n) is 3.22. The molecule has 4 N–H and O–H groups in total. The number of nitrogens with one attached hydrogen (secondary N) is 2. The van der Waals surface area contributed by atoms with E-state index >= 15 is 0 Å². The molecule has 0 radical (unpaired) electrons. The summed E-state index contributed by atoms with van der Waals surface area (Å²) in [5.74, 6) is 0. The summed E-state index contributed by atoms with van der Waals surface area (Å²) in [5.41, 5.74) is 11.0. The van der Waals surface area contributed by atoms with Crippen LogP contribution in [0.2, 0.25) is 0 Å². The van der Waals surface area contributed by atoms with Crippen molar-refractivity contribution in [1.82, 2.24) is 5.43 Å². The minimum atomic E-state index is 0.177. The fourth-order valence-electron chi connectivity index (χ4n) is 2.02. The number of nitrogens with zero attached hydrogens (tertiary/aromatic N) is 1. The highest BCUT2D eigenvalue weighted by Gasteiger charge is 1.99. The summed E-state index contributed by atoms with van der Waals surface area (Å²) < 4.78 is 0. The van der Waals surface area contributed by atoms with Gasteiger partial charge in [-0.1, -0.05) is 44.7 Å². The van der Waals surface area contributed by atoms with E-state index in [2.05, 4.69) is 34.9 Å². The van der Waals surface area contributed by atoms with Crippen molar-refractivity contribution in [3.05, 3.63) is 29.8 Å². The van der Waals surface area contributed by atoms with E-state index in [0.29, 0.717) is 0 Å². The fraction of sp³-hybridized carbons (Fsp3) is 0.500. The van der Waals surface area contributed by atoms with Crippen LogP contribution in [0.1, 0.15) is 51.5 Å². The minimum Gasteiger partial charge on any atom is -0.385 e. The summed E-state index contributed by atoms with van der Waals surface area (Å²) in [5, 5.41) is 7.77. The molecule has 0 spiro atoms. The third kappa shape index (κ3) is 7.66. The van der Waals surface area contributed by atoms with Crippen molar-refractivity contribution in [1.29, 1.82) is 0 Å². The predicted molar refractivity (Wildman–Crippen MR) is 95.8 cm³/mol. The van der Waals surface area contributed by atoms with Crippen LogP contribution < -0.4 is 16.5 Å². The van der Waals surface area contributed by atoms with Crippen LogP contribution in [-0.4, -0.2) is 17.4 Å². The zero-order valence-electron chi connectivity index (χ0n) is 13.0. The second-order valence-electron chi connectivity index (χ2n) is 5.10. The summed E-state index contributed by atoms with van der Waals surface area (Å²) in [7, 11) is 0. The van der Waals surface area contributed by atoms with Crippen LogP contribution in [0.3, 0.4) is 0 Å². The highest BCUT2D eigenvalue weighted by atomic mass is 32.1. The zero-order chi connectivity index (χ0) is 15.5. The van der Waals surface area contributed by atoms with Crippen LogP contribution in [0.25, 0.3) is 0 Å². The smallest absolute Gasteiger partial charge is 0.184 e. The minimum absolute atomic E-state index is 0.177. The van der Waals surface area contributed by atoms with Crippen LogP contribution in [-0.2, 0) is 0 Å². The Balaban J connectivity index is 2.45. The highest BCUT2D eigenvalue weighted by Crippen LogP contribution is 2.12. The lowest BCUT2D eigenvalue weighted by Gasteiger charge is -2.08. The maximum Gasteiger partial charge on any atom is 0.184 e. The van der Waals surface area contributed by atoms with Gasteiger partial charge in [0.1, 0.15) is 0 Å². The van der Waals surface area contributed by atoms with E-state index < -0.39 is 0 Å². The van der Waals surface area contributed by atoms with Gasteiger partial charge in [0, 0.05) is 12.2 Å². The highest BCUT2D eigenvalue weighted by molar-refractivity contribution is 7.80. The van der Waals surface area contributed by atoms with Crippen LogP contribution in [0.4, 0.5) is 5.69 Å². The van der Waals surface area contributed by atoms with Gasteiger partial charge in [-0.2, -0.15) is 5.10 Å². The number of unbranched alkanes of at least 4 members (excludes halogenated alkanes) is 4. The van der Waals surface area contributed by atoms with Crippen molar-refractivity contribution in [2.45, 2.75) is 46.0 Å². The average molecular weight is 306 g/mol. The summed E-state index contributed by atoms with van der Waals surface area (Å²) >= 11 is 4.74. The first-order valence-electron chi connectivity index (χ1n) is 7.57. The Labute approximate surface area is 133 Å². The number of hydrazone groups is 1. The first-order chi connectivity index (χ1) is 10.1. The topological polar surface area (TPSA) is 62.4 Å². The molecule has 0 unspecified atom stereocenters. The molecule has 0 aliphatic heterocycles. The maximum absolute atomic E-state index is 5.37. The number of thiocarbonyl (C=S) groups is 1. The van der Waals surface area contributed by atoms with Gasteiger partial charge in [0.25, 0.3) is 0 Å². The van der Waals surface area contributed by atoms with Crippen molar-refractivity contribution < 1.29 is 0 Å². The Morgan fingerprint density at radius 2 is 2.00 bits per heavy atom. The first kappa shape index (κ1) is 17.4. The Bertz CT molecular complexity index is 471. The standard InChI is InChI=1S/C16H26N4S/c1-3-4-5-6-7-11-18-15-10-8-9-14(12-15)13(2)19-20-16(17)21/h8-10,12,18H,3-7,11H2,1-2H3,(H3,17,20,21). The molecule has 0 bridgehead atoms. The molecule has 0 amide bonds. The van der Waals surface area contributed by atoms with Gasteiger partial charge in [-0.25, -0.2) is 0 Å². The van der Waals surface area contributed by atoms with Gasteiger partial charge >= 0.3 is 0 Å². The normalized spacial score (nSPS) is 11.2. The van der Waals surface area contributed by atoms with Crippen molar-refractivity contribution in [3.63, 3.8) is 0 Å². The Kier molecular flexibility index (Phi) is 8.43. The summed E-state index contributed by atoms with van der Waals surface area (Å²) in [6.07, 6.45) is 6.45. The van der Waals surface area contributed by atoms with Crippen LogP contribution in [0.15, 0.2) is 29.4 Å². The summed E-state index contributed by atoms with van der Waals surface area (Å²) in [4.78, 5) is 0. The van der Waals surface area contributed by atoms with Crippen molar-refractivity contribution in [2.24, 2.45) is 10.8 Å². The van der Waals surface area contributed by atoms with E-state index in [1.54, 1.807) is 0 Å². The van der Waals surface area contributed by atoms with Crippen molar-refractivity contribution in [2.75, 3.05) is 11.9 Å². The van der Waals surface area contributed by atoms with Crippen LogP contribution in [0, 0.1) is 0 Å². The van der Waals surface area contributed by atoms with Gasteiger partial charge < -0.3 is 11.1 Å². The van der Waals surface area contributed by atoms with E-state index in [-0.39, 0.29) is 5.11 Å². The van der Waals surface area contributed by atoms with Crippen molar-refractivity contribution >= 4 is 28.7 Å². The van der Waals surface area contributed by atoms with Gasteiger partial charge in [-0.15, -0.1) is 0 Å². The molecular weight excluding hydrogens is 280 g/mol. The van der Waals surface area contributed by atoms with Crippen LogP contribution >= 0.6 is 12.2 Å². The Hall–Kier alpha value is -1.62. The number of hydrogen-bond acceptors (Lipinski definition) is 3. The second-order valence-corrected chi connectivity index (χ2v) is 5.53. The molecule has 0 aromatic heterocycles. The van der Waals surface area contributed by atoms with Gasteiger partial charge in [0.2, 0.25) is 0 Å². The van der Waals surface area contributed by atoms with E-state index in [1.807, 2.05) is 19.1 Å². The second kappa shape index (κ2) is 10.2. The van der Waals surface area contributed by atoms with Crippen molar-refractivity contribution in [3.8, 4) is 0 Å². The van der Waals surface area contributed by atoms with Gasteiger partial charge in [0.15, 0.2) is 5.11 Å². The van der Waals surface area contributed by atoms with E-state index in [9.17, 15) is 0 Å². The molecule has 116 valence electrons. The molecule has 0 atom stereocenters. The molecule has 1 rings (SSSR count). The molecule has 4 nitrogen and oxygen atoms in total. The first-order valence-corrected chi connectivity index (χ1v) is 7.98. The van der Waals surface area contributed by atoms with Gasteiger partial charge in [-0.05, 0) is 43.3 Å². The molecule has 5 heteroatoms. The van der Waals surface area contributed by atoms with Gasteiger partial charge in [-0.3, -0.25) is 5.43 Å². The van der Waals surface area contributed by atoms with E-state index in [0.717, 1.165) is 23.5 Å². The lowest BCUT2D eigenvalue weighted by Crippen LogP contribution is -2.25. The lowest BCUT2D eigenvalue weighted by atomic mass is 10.1. The largest absolute Gasteiger partial charge is 0.385 e. The SMILES string of the molecule is CCCCCCCNc1cccc(C(C)=NNC(N)=S)c1. The molecule has 0 aliphatic rings. The molecule has 1 aromatic carbocycles. The molecule has 0 saturated carbocycles. The predicted octanol–water partition coefficient (Wildman–Crippen LogP) is 3.63. The molecule has 21 heavy (non-hydrogen) atoms. The quantitative estimate of drug-likeness (QED) is 0.282. The number of hydrogen-bond donors (Lipinski definition) is 3. The van der Waals surface area contributed by atoms with Crippen LogP contribution in [0.5, 0.6) is 0 Å². The average Bonchev–Trinajstić information content (AvgIpc) is 2.48. The number of nitrogens with two attached hydrogens (primary N) is 1. The summed E-state index contributed by atoms with van der Waals surface area (Å²) in [6.45, 7) is 5.17. The lowest BCUT2D eigenvalue weighted by molar-refractivity contribution is 0.645. The molecule has 1 aromatic rings. The fourth-order valence-corrected chi connectivity index (χ4v) is 2.06. The van der Waals surface area contributed by atoms with Gasteiger partial charge in [0.05, 0.1) is 5.71 Å². The third-order valence-corrected chi connectivity index (χ3v) is 3.31. The maximum atomic E-state index is 5.37. The molecule has 0 aliphatic carbocycles. The number of benzene rings is 1. The molecule has 0 fully saturated rings. The molecule has 0 heterocycles. The molecule has 0 saturated heterocycles. The van der Waals surface area contributed by atoms with E-state index in [1.165, 1.54) is 32.1 Å². The Morgan fingerprint density at radius 3 is 2.71 bits per heavy atom. The zero-order valence-corrected chi connectivity index (χ0v) is 13.8.